The molecular formula is C40H38ClF3N6O2. The maximum atomic E-state index is 15.0. The molecule has 0 bridgehead atoms. The number of halogens is 4. The number of rotatable bonds is 9. The van der Waals surface area contributed by atoms with E-state index in [0.717, 1.165) is 59.5 Å². The van der Waals surface area contributed by atoms with Gasteiger partial charge in [-0.2, -0.15) is 5.10 Å². The number of carbonyl (C=O) groups is 2. The summed E-state index contributed by atoms with van der Waals surface area (Å²) >= 11 is 6.72. The Bertz CT molecular complexity index is 2140. The van der Waals surface area contributed by atoms with Gasteiger partial charge < -0.3 is 5.32 Å². The van der Waals surface area contributed by atoms with E-state index < -0.39 is 23.8 Å². The summed E-state index contributed by atoms with van der Waals surface area (Å²) in [6.07, 6.45) is 1.70. The van der Waals surface area contributed by atoms with Crippen molar-refractivity contribution in [3.63, 3.8) is 0 Å². The predicted octanol–water partition coefficient (Wildman–Crippen LogP) is 8.80. The molecule has 12 heteroatoms. The highest BCUT2D eigenvalue weighted by Gasteiger charge is 2.29. The zero-order valence-corrected chi connectivity index (χ0v) is 29.6. The van der Waals surface area contributed by atoms with E-state index in [1.807, 2.05) is 37.3 Å². The summed E-state index contributed by atoms with van der Waals surface area (Å²) in [4.78, 5) is 31.0. The van der Waals surface area contributed by atoms with E-state index >= 15 is 0 Å². The molecule has 0 radical (unpaired) electrons. The molecule has 7 rings (SSSR count). The van der Waals surface area contributed by atoms with Crippen molar-refractivity contribution in [1.82, 2.24) is 25.4 Å². The highest BCUT2D eigenvalue weighted by molar-refractivity contribution is 6.31. The summed E-state index contributed by atoms with van der Waals surface area (Å²) in [7, 11) is 0. The van der Waals surface area contributed by atoms with Crippen molar-refractivity contribution >= 4 is 40.0 Å². The molecule has 2 saturated heterocycles. The van der Waals surface area contributed by atoms with Crippen LogP contribution in [0.4, 0.5) is 19.0 Å². The number of aryl methyl sites for hydroxylation is 1. The monoisotopic (exact) mass is 726 g/mol. The largest absolute Gasteiger partial charge is 0.361 e. The molecule has 2 amide bonds. The number of alkyl halides is 2. The zero-order valence-electron chi connectivity index (χ0n) is 28.8. The van der Waals surface area contributed by atoms with Gasteiger partial charge in [-0.1, -0.05) is 60.1 Å². The Morgan fingerprint density at radius 1 is 0.942 bits per heavy atom. The van der Waals surface area contributed by atoms with Crippen molar-refractivity contribution in [3.05, 3.63) is 117 Å². The van der Waals surface area contributed by atoms with Gasteiger partial charge in [0, 0.05) is 46.1 Å². The lowest BCUT2D eigenvalue weighted by Gasteiger charge is -2.32. The number of likely N-dealkylation sites (tertiary alicyclic amines) is 1. The van der Waals surface area contributed by atoms with E-state index in [1.54, 1.807) is 13.1 Å². The minimum atomic E-state index is -2.92. The predicted molar refractivity (Wildman–Crippen MR) is 195 cm³/mol. The smallest absolute Gasteiger partial charge is 0.266 e. The second-order valence-electron chi connectivity index (χ2n) is 13.7. The summed E-state index contributed by atoms with van der Waals surface area (Å²) in [6, 6.07) is 19.4. The van der Waals surface area contributed by atoms with Gasteiger partial charge in [0.25, 0.3) is 6.43 Å². The lowest BCUT2D eigenvalue weighted by atomic mass is 9.86. The third-order valence-corrected chi connectivity index (χ3v) is 10.7. The molecule has 0 spiro atoms. The topological polar surface area (TPSA) is 100 Å². The number of anilines is 1. The van der Waals surface area contributed by atoms with E-state index in [9.17, 15) is 22.8 Å². The first-order valence-electron chi connectivity index (χ1n) is 17.5. The second-order valence-corrected chi connectivity index (χ2v) is 14.1. The van der Waals surface area contributed by atoms with Crippen LogP contribution in [-0.2, 0) is 16.1 Å². The number of benzene rings is 3. The van der Waals surface area contributed by atoms with E-state index in [2.05, 4.69) is 43.9 Å². The van der Waals surface area contributed by atoms with Gasteiger partial charge in [0.2, 0.25) is 11.8 Å². The number of hydrogen-bond donors (Lipinski definition) is 2. The number of imide groups is 1. The first kappa shape index (κ1) is 35.5. The lowest BCUT2D eigenvalue weighted by molar-refractivity contribution is -0.134. The molecule has 2 N–H and O–H groups in total. The molecule has 52 heavy (non-hydrogen) atoms. The average molecular weight is 727 g/mol. The van der Waals surface area contributed by atoms with Gasteiger partial charge in [-0.3, -0.25) is 24.8 Å². The van der Waals surface area contributed by atoms with Crippen molar-refractivity contribution in [2.45, 2.75) is 70.4 Å². The minimum Gasteiger partial charge on any atom is -0.361 e. The average Bonchev–Trinajstić information content (AvgIpc) is 3.14. The Hall–Kier alpha value is -4.87. The molecule has 2 aliphatic heterocycles. The van der Waals surface area contributed by atoms with E-state index in [1.165, 1.54) is 17.7 Å². The van der Waals surface area contributed by atoms with Crippen LogP contribution in [0.25, 0.3) is 22.0 Å². The molecular weight excluding hydrogens is 689 g/mol. The summed E-state index contributed by atoms with van der Waals surface area (Å²) in [5.74, 6) is -0.846. The fourth-order valence-electron chi connectivity index (χ4n) is 7.32. The zero-order chi connectivity index (χ0) is 36.5. The highest BCUT2D eigenvalue weighted by Crippen LogP contribution is 2.35. The number of pyridine rings is 1. The number of aromatic nitrogens is 3. The Morgan fingerprint density at radius 2 is 1.67 bits per heavy atom. The molecule has 2 atom stereocenters. The van der Waals surface area contributed by atoms with Gasteiger partial charge in [0.05, 0.1) is 28.9 Å². The Morgan fingerprint density at radius 3 is 2.40 bits per heavy atom. The van der Waals surface area contributed by atoms with Crippen LogP contribution in [0.5, 0.6) is 0 Å². The van der Waals surface area contributed by atoms with Crippen molar-refractivity contribution in [3.8, 4) is 11.3 Å². The van der Waals surface area contributed by atoms with Gasteiger partial charge in [-0.25, -0.2) is 13.2 Å². The first-order valence-corrected chi connectivity index (χ1v) is 17.8. The molecule has 2 aliphatic rings. The number of carbonyl (C=O) groups excluding carboxylic acids is 2. The maximum Gasteiger partial charge on any atom is 0.266 e. The van der Waals surface area contributed by atoms with Crippen LogP contribution < -0.4 is 10.6 Å². The van der Waals surface area contributed by atoms with Gasteiger partial charge in [0.15, 0.2) is 5.82 Å². The molecule has 0 saturated carbocycles. The number of nitrogens with zero attached hydrogens (tertiary/aromatic N) is 4. The number of nitrogens with one attached hydrogen (secondary N) is 2. The summed E-state index contributed by atoms with van der Waals surface area (Å²) < 4.78 is 41.7. The van der Waals surface area contributed by atoms with Crippen LogP contribution in [0.3, 0.4) is 0 Å². The molecule has 4 heterocycles. The van der Waals surface area contributed by atoms with Crippen LogP contribution in [-0.4, -0.2) is 45.0 Å². The molecule has 2 unspecified atom stereocenters. The molecule has 3 aromatic carbocycles. The van der Waals surface area contributed by atoms with Crippen molar-refractivity contribution in [2.75, 3.05) is 18.4 Å². The minimum absolute atomic E-state index is 0.108. The van der Waals surface area contributed by atoms with Gasteiger partial charge in [-0.15, -0.1) is 5.10 Å². The number of piperidine rings is 2. The summed E-state index contributed by atoms with van der Waals surface area (Å²) in [5.41, 5.74) is 4.89. The molecule has 2 aromatic heterocycles. The molecule has 0 aliphatic carbocycles. The van der Waals surface area contributed by atoms with Crippen molar-refractivity contribution in [2.24, 2.45) is 0 Å². The quantitative estimate of drug-likeness (QED) is 0.147. The van der Waals surface area contributed by atoms with Crippen LogP contribution in [0.2, 0.25) is 5.02 Å². The van der Waals surface area contributed by atoms with E-state index in [-0.39, 0.29) is 23.3 Å². The third kappa shape index (κ3) is 7.38. The molecule has 5 aromatic rings. The fourth-order valence-corrected chi connectivity index (χ4v) is 7.50. The summed E-state index contributed by atoms with van der Waals surface area (Å²) in [5, 5.41) is 16.4. The first-order chi connectivity index (χ1) is 25.0. The van der Waals surface area contributed by atoms with E-state index in [0.29, 0.717) is 47.5 Å². The SMILES string of the molecule is Cc1nnc(NC(C)c2cccc(C(F)F)c2F)c2cc(-c3ccc(Cl)c(CN4CCC(c5ccc(C6CCC(=O)NC6=O)cc5)CC4)c3)ncc12. The highest BCUT2D eigenvalue weighted by atomic mass is 35.5. The summed E-state index contributed by atoms with van der Waals surface area (Å²) in [6.45, 7) is 6.01. The van der Waals surface area contributed by atoms with E-state index in [4.69, 9.17) is 16.6 Å². The van der Waals surface area contributed by atoms with Gasteiger partial charge in [0.1, 0.15) is 5.82 Å². The van der Waals surface area contributed by atoms with Crippen LogP contribution in [0.1, 0.15) is 90.4 Å². The third-order valence-electron chi connectivity index (χ3n) is 10.3. The Kier molecular flexibility index (Phi) is 10.3. The van der Waals surface area contributed by atoms with Crippen molar-refractivity contribution < 1.29 is 22.8 Å². The standard InChI is InChI=1S/C40H38ClF3N6O2/c1-22(29-4-3-5-31(37(29)42)38(43)44)46-39-32-19-35(45-20-33(32)23(2)48-49-39)27-10-12-34(41)28(18-27)21-50-16-14-25(15-17-50)24-6-8-26(9-7-24)30-11-13-36(51)47-40(30)52/h3-10,12,18-20,22,25,30,38H,11,13-17,21H2,1-2H3,(H,46,49)(H,47,51,52). The van der Waals surface area contributed by atoms with Crippen LogP contribution in [0.15, 0.2) is 72.9 Å². The molecule has 2 fully saturated rings. The lowest BCUT2D eigenvalue weighted by Crippen LogP contribution is -2.39. The number of amides is 2. The normalized spacial score (nSPS) is 17.8. The molecule has 268 valence electrons. The molecule has 8 nitrogen and oxygen atoms in total. The Labute approximate surface area is 304 Å². The Balaban J connectivity index is 1.05. The van der Waals surface area contributed by atoms with Crippen LogP contribution in [0, 0.1) is 12.7 Å². The van der Waals surface area contributed by atoms with Gasteiger partial charge in [-0.05, 0) is 87.0 Å². The van der Waals surface area contributed by atoms with Gasteiger partial charge >= 0.3 is 0 Å². The number of hydrogen-bond acceptors (Lipinski definition) is 7. The maximum absolute atomic E-state index is 15.0. The fraction of sp³-hybridized carbons (Fsp3) is 0.325. The second kappa shape index (κ2) is 15.0. The number of fused-ring (bicyclic) bond motifs is 1. The van der Waals surface area contributed by atoms with Crippen LogP contribution >= 0.6 is 11.6 Å². The van der Waals surface area contributed by atoms with Crippen molar-refractivity contribution in [1.29, 1.82) is 0 Å².